The minimum atomic E-state index is -0.251. The Hall–Kier alpha value is -0.930. The number of rotatable bonds is 3. The first kappa shape index (κ1) is 10.2. The van der Waals surface area contributed by atoms with Gasteiger partial charge in [-0.15, -0.1) is 0 Å². The molecule has 3 heteroatoms. The van der Waals surface area contributed by atoms with Crippen molar-refractivity contribution in [3.63, 3.8) is 0 Å². The Morgan fingerprint density at radius 2 is 1.85 bits per heavy atom. The fourth-order valence-electron chi connectivity index (χ4n) is 1.25. The molecule has 0 aliphatic heterocycles. The Morgan fingerprint density at radius 1 is 1.31 bits per heavy atom. The van der Waals surface area contributed by atoms with Gasteiger partial charge in [-0.1, -0.05) is 12.1 Å². The van der Waals surface area contributed by atoms with Gasteiger partial charge in [-0.3, -0.25) is 0 Å². The topological polar surface area (TPSA) is 23.5 Å². The Morgan fingerprint density at radius 3 is 2.23 bits per heavy atom. The average Bonchev–Trinajstić information content (AvgIpc) is 2.09. The van der Waals surface area contributed by atoms with Crippen molar-refractivity contribution in [1.82, 2.24) is 4.90 Å². The second-order valence-corrected chi connectivity index (χ2v) is 3.21. The van der Waals surface area contributed by atoms with E-state index in [0.29, 0.717) is 0 Å². The highest BCUT2D eigenvalue weighted by Gasteiger charge is 2.11. The summed E-state index contributed by atoms with van der Waals surface area (Å²) in [6.45, 7) is 0.0403. The first-order valence-electron chi connectivity index (χ1n) is 4.18. The molecule has 13 heavy (non-hydrogen) atoms. The highest BCUT2D eigenvalue weighted by atomic mass is 19.1. The van der Waals surface area contributed by atoms with Gasteiger partial charge in [0.15, 0.2) is 0 Å². The lowest BCUT2D eigenvalue weighted by atomic mass is 10.1. The fraction of sp³-hybridized carbons (Fsp3) is 0.400. The molecule has 0 radical (unpaired) electrons. The molecule has 1 aromatic rings. The molecule has 1 unspecified atom stereocenters. The first-order chi connectivity index (χ1) is 6.15. The summed E-state index contributed by atoms with van der Waals surface area (Å²) in [5.41, 5.74) is 0.925. The first-order valence-corrected chi connectivity index (χ1v) is 4.18. The van der Waals surface area contributed by atoms with Gasteiger partial charge in [0.1, 0.15) is 5.82 Å². The average molecular weight is 183 g/mol. The second kappa shape index (κ2) is 4.35. The lowest BCUT2D eigenvalue weighted by molar-refractivity contribution is 0.171. The van der Waals surface area contributed by atoms with Crippen LogP contribution in [0.15, 0.2) is 24.3 Å². The zero-order valence-corrected chi connectivity index (χ0v) is 7.87. The Kier molecular flexibility index (Phi) is 3.39. The van der Waals surface area contributed by atoms with Gasteiger partial charge in [-0.2, -0.15) is 0 Å². The third-order valence-electron chi connectivity index (χ3n) is 2.05. The van der Waals surface area contributed by atoms with Crippen LogP contribution in [0, 0.1) is 5.82 Å². The summed E-state index contributed by atoms with van der Waals surface area (Å²) in [7, 11) is 3.76. The SMILES string of the molecule is CN(C)C(CO)c1ccc(F)cc1. The van der Waals surface area contributed by atoms with Crippen molar-refractivity contribution < 1.29 is 9.50 Å². The lowest BCUT2D eigenvalue weighted by Gasteiger charge is -2.22. The van der Waals surface area contributed by atoms with E-state index in [4.69, 9.17) is 5.11 Å². The Bertz CT molecular complexity index is 258. The minimum absolute atomic E-state index is 0.0403. The van der Waals surface area contributed by atoms with Gasteiger partial charge in [-0.05, 0) is 31.8 Å². The van der Waals surface area contributed by atoms with Gasteiger partial charge in [0.25, 0.3) is 0 Å². The molecule has 1 atom stereocenters. The molecule has 0 aliphatic carbocycles. The predicted molar refractivity (Wildman–Crippen MR) is 49.9 cm³/mol. The van der Waals surface area contributed by atoms with Crippen molar-refractivity contribution in [2.24, 2.45) is 0 Å². The molecule has 1 aromatic carbocycles. The predicted octanol–water partition coefficient (Wildman–Crippen LogP) is 1.42. The van der Waals surface area contributed by atoms with E-state index in [2.05, 4.69) is 0 Å². The van der Waals surface area contributed by atoms with Gasteiger partial charge in [0.2, 0.25) is 0 Å². The van der Waals surface area contributed by atoms with Crippen LogP contribution in [0.5, 0.6) is 0 Å². The minimum Gasteiger partial charge on any atom is -0.394 e. The van der Waals surface area contributed by atoms with Crippen molar-refractivity contribution >= 4 is 0 Å². The molecule has 0 amide bonds. The molecule has 0 aromatic heterocycles. The summed E-state index contributed by atoms with van der Waals surface area (Å²) in [6, 6.07) is 6.13. The van der Waals surface area contributed by atoms with Gasteiger partial charge in [-0.25, -0.2) is 4.39 Å². The number of hydrogen-bond donors (Lipinski definition) is 1. The monoisotopic (exact) mass is 183 g/mol. The van der Waals surface area contributed by atoms with E-state index in [1.807, 2.05) is 19.0 Å². The standard InChI is InChI=1S/C10H14FNO/c1-12(2)10(7-13)8-3-5-9(11)6-4-8/h3-6,10,13H,7H2,1-2H3. The van der Waals surface area contributed by atoms with Crippen molar-refractivity contribution in [3.8, 4) is 0 Å². The number of nitrogens with zero attached hydrogens (tertiary/aromatic N) is 1. The molecule has 0 fully saturated rings. The molecule has 0 spiro atoms. The van der Waals surface area contributed by atoms with Crippen LogP contribution in [0.3, 0.4) is 0 Å². The summed E-state index contributed by atoms with van der Waals surface area (Å²) in [6.07, 6.45) is 0. The Balaban J connectivity index is 2.86. The molecule has 72 valence electrons. The maximum atomic E-state index is 12.6. The van der Waals surface area contributed by atoms with Crippen LogP contribution in [0.4, 0.5) is 4.39 Å². The van der Waals surface area contributed by atoms with Gasteiger partial charge in [0.05, 0.1) is 12.6 Å². The molecule has 0 heterocycles. The van der Waals surface area contributed by atoms with E-state index in [1.54, 1.807) is 12.1 Å². The van der Waals surface area contributed by atoms with E-state index >= 15 is 0 Å². The van der Waals surface area contributed by atoms with Gasteiger partial charge < -0.3 is 10.0 Å². The van der Waals surface area contributed by atoms with Crippen LogP contribution in [-0.2, 0) is 0 Å². The molecule has 2 nitrogen and oxygen atoms in total. The molecule has 0 saturated heterocycles. The summed E-state index contributed by atoms with van der Waals surface area (Å²) in [5, 5.41) is 9.08. The second-order valence-electron chi connectivity index (χ2n) is 3.21. The third kappa shape index (κ3) is 2.50. The van der Waals surface area contributed by atoms with Crippen molar-refractivity contribution in [3.05, 3.63) is 35.6 Å². The summed E-state index contributed by atoms with van der Waals surface area (Å²) >= 11 is 0. The number of benzene rings is 1. The van der Waals surface area contributed by atoms with Crippen LogP contribution in [0.2, 0.25) is 0 Å². The molecular weight excluding hydrogens is 169 g/mol. The third-order valence-corrected chi connectivity index (χ3v) is 2.05. The number of hydrogen-bond acceptors (Lipinski definition) is 2. The van der Waals surface area contributed by atoms with Gasteiger partial charge >= 0.3 is 0 Å². The van der Waals surface area contributed by atoms with Crippen molar-refractivity contribution in [2.75, 3.05) is 20.7 Å². The Labute approximate surface area is 77.6 Å². The summed E-state index contributed by atoms with van der Waals surface area (Å²) in [4.78, 5) is 1.90. The van der Waals surface area contributed by atoms with E-state index in [0.717, 1.165) is 5.56 Å². The fourth-order valence-corrected chi connectivity index (χ4v) is 1.25. The van der Waals surface area contributed by atoms with Crippen LogP contribution in [-0.4, -0.2) is 30.7 Å². The highest BCUT2D eigenvalue weighted by Crippen LogP contribution is 2.17. The quantitative estimate of drug-likeness (QED) is 0.766. The summed E-state index contributed by atoms with van der Waals surface area (Å²) < 4.78 is 12.6. The van der Waals surface area contributed by atoms with Crippen LogP contribution in [0.25, 0.3) is 0 Å². The molecule has 0 saturated carbocycles. The van der Waals surface area contributed by atoms with Crippen LogP contribution < -0.4 is 0 Å². The van der Waals surface area contributed by atoms with E-state index in [9.17, 15) is 4.39 Å². The zero-order chi connectivity index (χ0) is 9.84. The highest BCUT2D eigenvalue weighted by molar-refractivity contribution is 5.19. The molecule has 0 aliphatic rings. The van der Waals surface area contributed by atoms with E-state index < -0.39 is 0 Å². The number of aliphatic hydroxyl groups is 1. The summed E-state index contributed by atoms with van der Waals surface area (Å²) in [5.74, 6) is -0.251. The van der Waals surface area contributed by atoms with Crippen molar-refractivity contribution in [2.45, 2.75) is 6.04 Å². The number of halogens is 1. The maximum Gasteiger partial charge on any atom is 0.123 e. The largest absolute Gasteiger partial charge is 0.394 e. The lowest BCUT2D eigenvalue weighted by Crippen LogP contribution is -2.22. The van der Waals surface area contributed by atoms with E-state index in [1.165, 1.54) is 12.1 Å². The number of likely N-dealkylation sites (N-methyl/N-ethyl adjacent to an activating group) is 1. The van der Waals surface area contributed by atoms with Crippen LogP contribution in [0.1, 0.15) is 11.6 Å². The van der Waals surface area contributed by atoms with Gasteiger partial charge in [0, 0.05) is 0 Å². The number of aliphatic hydroxyl groups excluding tert-OH is 1. The molecule has 1 N–H and O–H groups in total. The zero-order valence-electron chi connectivity index (χ0n) is 7.87. The molecular formula is C10H14FNO. The maximum absolute atomic E-state index is 12.6. The van der Waals surface area contributed by atoms with E-state index in [-0.39, 0.29) is 18.5 Å². The van der Waals surface area contributed by atoms with Crippen molar-refractivity contribution in [1.29, 1.82) is 0 Å². The molecule has 0 bridgehead atoms. The molecule has 1 rings (SSSR count). The normalized spacial score (nSPS) is 13.3. The van der Waals surface area contributed by atoms with Crippen LogP contribution >= 0.6 is 0 Å². The smallest absolute Gasteiger partial charge is 0.123 e.